The Bertz CT molecular complexity index is 602. The van der Waals surface area contributed by atoms with Crippen LogP contribution in [0.15, 0.2) is 18.2 Å². The van der Waals surface area contributed by atoms with E-state index in [0.717, 1.165) is 12.1 Å². The number of hydrogen-bond donors (Lipinski definition) is 3. The van der Waals surface area contributed by atoms with E-state index in [1.165, 1.54) is 12.1 Å². The summed E-state index contributed by atoms with van der Waals surface area (Å²) in [6.45, 7) is 0. The largest absolute Gasteiger partial charge is 0.320 e. The van der Waals surface area contributed by atoms with Gasteiger partial charge in [-0.3, -0.25) is 5.41 Å². The summed E-state index contributed by atoms with van der Waals surface area (Å²) in [6.07, 6.45) is 0. The molecule has 0 aliphatic heterocycles. The number of nitrogens with zero attached hydrogens (tertiary/aromatic N) is 2. The zero-order valence-corrected chi connectivity index (χ0v) is 9.37. The van der Waals surface area contributed by atoms with Crippen LogP contribution < -0.4 is 10.6 Å². The summed E-state index contributed by atoms with van der Waals surface area (Å²) in [7, 11) is 0. The molecule has 1 unspecified atom stereocenters. The highest BCUT2D eigenvalue weighted by Crippen LogP contribution is 2.14. The van der Waals surface area contributed by atoms with E-state index < -0.39 is 29.4 Å². The smallest absolute Gasteiger partial charge is 0.316 e. The fourth-order valence-corrected chi connectivity index (χ4v) is 1.11. The van der Waals surface area contributed by atoms with Crippen molar-refractivity contribution in [1.29, 1.82) is 15.9 Å². The monoisotopic (exact) mass is 263 g/mol. The minimum atomic E-state index is -1.44. The lowest BCUT2D eigenvalue weighted by molar-refractivity contribution is 0.252. The number of anilines is 1. The summed E-state index contributed by atoms with van der Waals surface area (Å²) in [4.78, 5) is 11.4. The topological polar surface area (TPSA) is 113 Å². The van der Waals surface area contributed by atoms with Gasteiger partial charge in [0.1, 0.15) is 23.4 Å². The summed E-state index contributed by atoms with van der Waals surface area (Å²) in [6, 6.07) is 3.02. The number of nitrogens with one attached hydrogen (secondary N) is 3. The van der Waals surface area contributed by atoms with Gasteiger partial charge in [0.05, 0.1) is 11.8 Å². The number of hydrogen-bond acceptors (Lipinski definition) is 4. The van der Waals surface area contributed by atoms with Crippen LogP contribution in [-0.2, 0) is 0 Å². The van der Waals surface area contributed by atoms with Gasteiger partial charge in [-0.1, -0.05) is 0 Å². The first-order valence-corrected chi connectivity index (χ1v) is 4.88. The van der Waals surface area contributed by atoms with Crippen molar-refractivity contribution in [3.8, 4) is 12.1 Å². The van der Waals surface area contributed by atoms with Crippen LogP contribution in [0.25, 0.3) is 0 Å². The molecule has 0 radical (unpaired) electrons. The van der Waals surface area contributed by atoms with Crippen molar-refractivity contribution in [3.63, 3.8) is 0 Å². The van der Waals surface area contributed by atoms with E-state index in [-0.39, 0.29) is 5.69 Å². The van der Waals surface area contributed by atoms with Crippen molar-refractivity contribution < 1.29 is 13.6 Å². The van der Waals surface area contributed by atoms with Crippen molar-refractivity contribution in [2.75, 3.05) is 5.32 Å². The maximum absolute atomic E-state index is 13.2. The fourth-order valence-electron chi connectivity index (χ4n) is 1.11. The first kappa shape index (κ1) is 14.1. The van der Waals surface area contributed by atoms with Gasteiger partial charge in [0.2, 0.25) is 0 Å². The molecule has 0 spiro atoms. The molecular formula is C11H7F2N5O. The number of carbonyl (C=O) groups excluding carboxylic acids is 1. The summed E-state index contributed by atoms with van der Waals surface area (Å²) >= 11 is 0. The number of nitriles is 2. The summed E-state index contributed by atoms with van der Waals surface area (Å²) in [5.41, 5.74) is -0.948. The molecule has 1 aromatic carbocycles. The van der Waals surface area contributed by atoms with Crippen LogP contribution in [0.1, 0.15) is 0 Å². The highest BCUT2D eigenvalue weighted by molar-refractivity contribution is 6.04. The van der Waals surface area contributed by atoms with Crippen LogP contribution in [0, 0.1) is 39.7 Å². The molecule has 1 atom stereocenters. The molecule has 6 nitrogen and oxygen atoms in total. The quantitative estimate of drug-likeness (QED) is 0.718. The molecule has 0 aromatic heterocycles. The van der Waals surface area contributed by atoms with Gasteiger partial charge in [0.15, 0.2) is 6.04 Å². The predicted octanol–water partition coefficient (Wildman–Crippen LogP) is 1.52. The highest BCUT2D eigenvalue weighted by Gasteiger charge is 2.17. The van der Waals surface area contributed by atoms with Gasteiger partial charge in [-0.05, 0) is 12.1 Å². The number of rotatable bonds is 3. The Hall–Kier alpha value is -3.00. The van der Waals surface area contributed by atoms with E-state index in [1.54, 1.807) is 0 Å². The Kier molecular flexibility index (Phi) is 4.50. The van der Waals surface area contributed by atoms with Crippen molar-refractivity contribution in [3.05, 3.63) is 29.8 Å². The van der Waals surface area contributed by atoms with Crippen LogP contribution in [-0.4, -0.2) is 17.8 Å². The van der Waals surface area contributed by atoms with Gasteiger partial charge in [-0.2, -0.15) is 10.5 Å². The summed E-state index contributed by atoms with van der Waals surface area (Å²) < 4.78 is 25.8. The third kappa shape index (κ3) is 3.75. The number of benzene rings is 1. The average molecular weight is 263 g/mol. The van der Waals surface area contributed by atoms with E-state index in [1.807, 2.05) is 10.6 Å². The van der Waals surface area contributed by atoms with Crippen LogP contribution in [0.2, 0.25) is 0 Å². The van der Waals surface area contributed by atoms with E-state index >= 15 is 0 Å². The highest BCUT2D eigenvalue weighted by atomic mass is 19.1. The van der Waals surface area contributed by atoms with Gasteiger partial charge in [0, 0.05) is 6.07 Å². The molecule has 2 amide bonds. The number of halogens is 2. The Morgan fingerprint density at radius 1 is 1.37 bits per heavy atom. The zero-order chi connectivity index (χ0) is 14.4. The minimum Gasteiger partial charge on any atom is -0.316 e. The van der Waals surface area contributed by atoms with E-state index in [2.05, 4.69) is 0 Å². The molecule has 96 valence electrons. The van der Waals surface area contributed by atoms with Crippen molar-refractivity contribution in [2.24, 2.45) is 0 Å². The molecule has 0 fully saturated rings. The van der Waals surface area contributed by atoms with Gasteiger partial charge in [0.25, 0.3) is 0 Å². The van der Waals surface area contributed by atoms with Crippen LogP contribution in [0.5, 0.6) is 0 Å². The van der Waals surface area contributed by atoms with Crippen molar-refractivity contribution in [1.82, 2.24) is 5.32 Å². The second kappa shape index (κ2) is 6.07. The van der Waals surface area contributed by atoms with E-state index in [4.69, 9.17) is 15.9 Å². The predicted molar refractivity (Wildman–Crippen MR) is 61.3 cm³/mol. The average Bonchev–Trinajstić information content (AvgIpc) is 2.38. The molecule has 0 aliphatic carbocycles. The molecular weight excluding hydrogens is 256 g/mol. The van der Waals surface area contributed by atoms with Gasteiger partial charge >= 0.3 is 6.03 Å². The molecule has 3 N–H and O–H groups in total. The second-order valence-corrected chi connectivity index (χ2v) is 3.31. The van der Waals surface area contributed by atoms with Crippen LogP contribution in [0.3, 0.4) is 0 Å². The third-order valence-electron chi connectivity index (χ3n) is 1.99. The Balaban J connectivity index is 2.73. The van der Waals surface area contributed by atoms with E-state index in [9.17, 15) is 13.6 Å². The Labute approximate surface area is 106 Å². The normalized spacial score (nSPS) is 10.7. The Morgan fingerprint density at radius 2 is 2.05 bits per heavy atom. The van der Waals surface area contributed by atoms with Gasteiger partial charge in [-0.25, -0.2) is 13.6 Å². The maximum Gasteiger partial charge on any atom is 0.320 e. The van der Waals surface area contributed by atoms with E-state index in [0.29, 0.717) is 6.07 Å². The number of urea groups is 1. The van der Waals surface area contributed by atoms with Gasteiger partial charge in [-0.15, -0.1) is 0 Å². The first-order chi connectivity index (χ1) is 8.97. The van der Waals surface area contributed by atoms with Crippen molar-refractivity contribution >= 4 is 17.4 Å². The zero-order valence-electron chi connectivity index (χ0n) is 9.37. The molecule has 0 saturated heterocycles. The lowest BCUT2D eigenvalue weighted by Gasteiger charge is -2.10. The van der Waals surface area contributed by atoms with Crippen LogP contribution in [0.4, 0.5) is 19.3 Å². The summed E-state index contributed by atoms with van der Waals surface area (Å²) in [5.74, 6) is -1.79. The molecule has 0 heterocycles. The molecule has 0 bridgehead atoms. The summed E-state index contributed by atoms with van der Waals surface area (Å²) in [5, 5.41) is 28.1. The van der Waals surface area contributed by atoms with Gasteiger partial charge < -0.3 is 10.6 Å². The maximum atomic E-state index is 13.2. The molecule has 0 aliphatic rings. The minimum absolute atomic E-state index is 0.293. The van der Waals surface area contributed by atoms with Crippen LogP contribution >= 0.6 is 0 Å². The third-order valence-corrected chi connectivity index (χ3v) is 1.99. The molecule has 8 heteroatoms. The molecule has 1 aromatic rings. The number of carbonyl (C=O) groups is 1. The molecule has 0 saturated carbocycles. The number of amides is 2. The standard InChI is InChI=1S/C11H7F2N5O/c12-6-1-2-9(7(13)3-6)17-11(19)18-10(5-15)8(16)4-14/h1-3,10,16H,(H2,17,18,19). The first-order valence-electron chi connectivity index (χ1n) is 4.88. The fraction of sp³-hybridized carbons (Fsp3) is 0.0909. The lowest BCUT2D eigenvalue weighted by Crippen LogP contribution is -2.41. The molecule has 1 rings (SSSR count). The SMILES string of the molecule is N#CC(=N)C(C#N)NC(=O)Nc1ccc(F)cc1F. The Morgan fingerprint density at radius 3 is 2.58 bits per heavy atom. The van der Waals surface area contributed by atoms with Crippen molar-refractivity contribution in [2.45, 2.75) is 6.04 Å². The lowest BCUT2D eigenvalue weighted by atomic mass is 10.2. The molecule has 19 heavy (non-hydrogen) atoms. The second-order valence-electron chi connectivity index (χ2n) is 3.31.